The summed E-state index contributed by atoms with van der Waals surface area (Å²) in [4.78, 5) is 31.4. The molecule has 1 aliphatic heterocycles. The number of nitrogens with one attached hydrogen (secondary N) is 1. The molecular weight excluding hydrogens is 286 g/mol. The lowest BCUT2D eigenvalue weighted by atomic mass is 10.1. The zero-order chi connectivity index (χ0) is 15.7. The number of hydrogen-bond donors (Lipinski definition) is 1. The average Bonchev–Trinajstić information content (AvgIpc) is 2.89. The zero-order valence-electron chi connectivity index (χ0n) is 13.3. The molecule has 6 heteroatoms. The first-order valence-electron chi connectivity index (χ1n) is 7.41. The van der Waals surface area contributed by atoms with Gasteiger partial charge < -0.3 is 0 Å². The van der Waals surface area contributed by atoms with Crippen LogP contribution in [0.5, 0.6) is 0 Å². The molecule has 1 aromatic rings. The van der Waals surface area contributed by atoms with E-state index in [1.165, 1.54) is 4.90 Å². The molecule has 1 aliphatic rings. The monoisotopic (exact) mass is 309 g/mol. The highest BCUT2D eigenvalue weighted by molar-refractivity contribution is 7.11. The van der Waals surface area contributed by atoms with E-state index in [0.29, 0.717) is 0 Å². The maximum atomic E-state index is 12.4. The number of amides is 2. The van der Waals surface area contributed by atoms with Crippen LogP contribution in [0.2, 0.25) is 0 Å². The number of carbonyl (C=O) groups excluding carboxylic acids is 2. The fraction of sp³-hybridized carbons (Fsp3) is 0.667. The summed E-state index contributed by atoms with van der Waals surface area (Å²) in [5, 5.41) is 4.32. The first-order valence-corrected chi connectivity index (χ1v) is 8.22. The topological polar surface area (TPSA) is 62.3 Å². The van der Waals surface area contributed by atoms with E-state index in [2.05, 4.69) is 10.3 Å². The molecule has 1 N–H and O–H groups in total. The SMILES string of the molecule is CCC(C)N1C(=O)CC(NC(C)c2sc(C)nc2C)C1=O. The van der Waals surface area contributed by atoms with Gasteiger partial charge in [0.2, 0.25) is 11.8 Å². The Morgan fingerprint density at radius 3 is 2.57 bits per heavy atom. The molecule has 3 unspecified atom stereocenters. The van der Waals surface area contributed by atoms with Crippen molar-refractivity contribution in [2.75, 3.05) is 0 Å². The number of imide groups is 1. The summed E-state index contributed by atoms with van der Waals surface area (Å²) in [5.41, 5.74) is 0.994. The van der Waals surface area contributed by atoms with Gasteiger partial charge in [0.05, 0.1) is 23.2 Å². The summed E-state index contributed by atoms with van der Waals surface area (Å²) in [6, 6.07) is -0.419. The van der Waals surface area contributed by atoms with Crippen molar-refractivity contribution in [2.45, 2.75) is 65.6 Å². The summed E-state index contributed by atoms with van der Waals surface area (Å²) in [6.45, 7) is 9.87. The minimum Gasteiger partial charge on any atom is -0.298 e. The van der Waals surface area contributed by atoms with Gasteiger partial charge in [-0.15, -0.1) is 11.3 Å². The van der Waals surface area contributed by atoms with Crippen LogP contribution in [0, 0.1) is 13.8 Å². The van der Waals surface area contributed by atoms with Crippen molar-refractivity contribution in [3.63, 3.8) is 0 Å². The molecular formula is C15H23N3O2S. The first kappa shape index (κ1) is 16.1. The number of rotatable bonds is 5. The highest BCUT2D eigenvalue weighted by Gasteiger charge is 2.41. The van der Waals surface area contributed by atoms with Crippen LogP contribution >= 0.6 is 11.3 Å². The molecule has 0 spiro atoms. The molecule has 2 amide bonds. The maximum absolute atomic E-state index is 12.4. The number of carbonyl (C=O) groups is 2. The molecule has 1 aromatic heterocycles. The lowest BCUT2D eigenvalue weighted by Gasteiger charge is -2.22. The van der Waals surface area contributed by atoms with Gasteiger partial charge in [0.1, 0.15) is 0 Å². The van der Waals surface area contributed by atoms with Crippen LogP contribution in [-0.4, -0.2) is 33.8 Å². The molecule has 2 rings (SSSR count). The molecule has 0 saturated carbocycles. The summed E-state index contributed by atoms with van der Waals surface area (Å²) in [5.74, 6) is -0.170. The minimum atomic E-state index is -0.414. The molecule has 1 fully saturated rings. The third-order valence-corrected chi connectivity index (χ3v) is 5.25. The second kappa shape index (κ2) is 6.23. The smallest absolute Gasteiger partial charge is 0.247 e. The van der Waals surface area contributed by atoms with E-state index in [1.807, 2.05) is 34.6 Å². The van der Waals surface area contributed by atoms with E-state index < -0.39 is 6.04 Å². The number of likely N-dealkylation sites (tertiary alicyclic amines) is 1. The van der Waals surface area contributed by atoms with E-state index in [0.717, 1.165) is 22.0 Å². The van der Waals surface area contributed by atoms with Gasteiger partial charge in [-0.05, 0) is 34.1 Å². The lowest BCUT2D eigenvalue weighted by molar-refractivity contribution is -0.141. The number of hydrogen-bond acceptors (Lipinski definition) is 5. The third-order valence-electron chi connectivity index (χ3n) is 4.00. The summed E-state index contributed by atoms with van der Waals surface area (Å²) < 4.78 is 0. The van der Waals surface area contributed by atoms with Gasteiger partial charge in [-0.2, -0.15) is 0 Å². The van der Waals surface area contributed by atoms with Crippen LogP contribution in [0.25, 0.3) is 0 Å². The number of thiazole rings is 1. The molecule has 21 heavy (non-hydrogen) atoms. The van der Waals surface area contributed by atoms with Gasteiger partial charge in [-0.1, -0.05) is 6.92 Å². The van der Waals surface area contributed by atoms with Gasteiger partial charge in [0.25, 0.3) is 0 Å². The first-order chi connectivity index (χ1) is 9.85. The van der Waals surface area contributed by atoms with E-state index in [1.54, 1.807) is 11.3 Å². The second-order valence-electron chi connectivity index (χ2n) is 5.69. The fourth-order valence-electron chi connectivity index (χ4n) is 2.75. The van der Waals surface area contributed by atoms with Gasteiger partial charge in [0, 0.05) is 17.0 Å². The Bertz CT molecular complexity index is 555. The van der Waals surface area contributed by atoms with E-state index >= 15 is 0 Å². The van der Waals surface area contributed by atoms with Crippen molar-refractivity contribution in [3.8, 4) is 0 Å². The Morgan fingerprint density at radius 1 is 1.38 bits per heavy atom. The van der Waals surface area contributed by atoms with Crippen molar-refractivity contribution in [1.29, 1.82) is 0 Å². The largest absolute Gasteiger partial charge is 0.298 e. The Kier molecular flexibility index (Phi) is 4.78. The molecule has 5 nitrogen and oxygen atoms in total. The molecule has 0 aliphatic carbocycles. The van der Waals surface area contributed by atoms with Crippen LogP contribution in [-0.2, 0) is 9.59 Å². The Balaban J connectivity index is 2.09. The van der Waals surface area contributed by atoms with Crippen LogP contribution in [0.1, 0.15) is 55.2 Å². The Labute approximate surface area is 129 Å². The lowest BCUT2D eigenvalue weighted by Crippen LogP contribution is -2.43. The summed E-state index contributed by atoms with van der Waals surface area (Å²) >= 11 is 1.64. The molecule has 3 atom stereocenters. The fourth-order valence-corrected chi connectivity index (χ4v) is 3.69. The van der Waals surface area contributed by atoms with Crippen molar-refractivity contribution >= 4 is 23.2 Å². The zero-order valence-corrected chi connectivity index (χ0v) is 14.1. The van der Waals surface area contributed by atoms with Gasteiger partial charge in [-0.3, -0.25) is 19.8 Å². The predicted molar refractivity (Wildman–Crippen MR) is 83.1 cm³/mol. The van der Waals surface area contributed by atoms with E-state index in [-0.39, 0.29) is 30.3 Å². The van der Waals surface area contributed by atoms with Crippen molar-refractivity contribution in [1.82, 2.24) is 15.2 Å². The normalized spacial score (nSPS) is 22.0. The molecule has 2 heterocycles. The maximum Gasteiger partial charge on any atom is 0.247 e. The van der Waals surface area contributed by atoms with Gasteiger partial charge in [-0.25, -0.2) is 4.98 Å². The number of nitrogens with zero attached hydrogens (tertiary/aromatic N) is 2. The van der Waals surface area contributed by atoms with Crippen LogP contribution in [0.3, 0.4) is 0 Å². The minimum absolute atomic E-state index is 0.0230. The highest BCUT2D eigenvalue weighted by atomic mass is 32.1. The van der Waals surface area contributed by atoms with Crippen molar-refractivity contribution in [3.05, 3.63) is 15.6 Å². The summed E-state index contributed by atoms with van der Waals surface area (Å²) in [6.07, 6.45) is 1.04. The van der Waals surface area contributed by atoms with E-state index in [9.17, 15) is 9.59 Å². The van der Waals surface area contributed by atoms with Crippen molar-refractivity contribution in [2.24, 2.45) is 0 Å². The third kappa shape index (κ3) is 3.16. The van der Waals surface area contributed by atoms with E-state index in [4.69, 9.17) is 0 Å². The highest BCUT2D eigenvalue weighted by Crippen LogP contribution is 2.27. The Morgan fingerprint density at radius 2 is 2.05 bits per heavy atom. The predicted octanol–water partition coefficient (Wildman–Crippen LogP) is 2.34. The molecule has 0 bridgehead atoms. The Hall–Kier alpha value is -1.27. The average molecular weight is 309 g/mol. The molecule has 1 saturated heterocycles. The molecule has 0 aromatic carbocycles. The van der Waals surface area contributed by atoms with Crippen LogP contribution in [0.15, 0.2) is 0 Å². The number of aromatic nitrogens is 1. The van der Waals surface area contributed by atoms with Gasteiger partial charge in [0.15, 0.2) is 0 Å². The van der Waals surface area contributed by atoms with Crippen molar-refractivity contribution < 1.29 is 9.59 Å². The molecule has 0 radical (unpaired) electrons. The van der Waals surface area contributed by atoms with Crippen LogP contribution in [0.4, 0.5) is 0 Å². The molecule has 116 valence electrons. The quantitative estimate of drug-likeness (QED) is 0.848. The summed E-state index contributed by atoms with van der Waals surface area (Å²) in [7, 11) is 0. The van der Waals surface area contributed by atoms with Crippen LogP contribution < -0.4 is 5.32 Å². The standard InChI is InChI=1S/C15H23N3O2S/c1-6-8(2)18-13(19)7-12(15(18)20)17-10(4)14-9(3)16-11(5)21-14/h8,10,12,17H,6-7H2,1-5H3. The van der Waals surface area contributed by atoms with Gasteiger partial charge >= 0.3 is 0 Å². The number of aryl methyl sites for hydroxylation is 2. The second-order valence-corrected chi connectivity index (χ2v) is 6.92.